The molecule has 1 N–H and O–H groups in total. The van der Waals surface area contributed by atoms with Crippen molar-refractivity contribution < 1.29 is 29.0 Å². The summed E-state index contributed by atoms with van der Waals surface area (Å²) in [7, 11) is 0. The number of allylic oxidation sites excluding steroid dienone is 1. The zero-order valence-electron chi connectivity index (χ0n) is 22.6. The van der Waals surface area contributed by atoms with Gasteiger partial charge >= 0.3 is 11.9 Å². The number of carbonyl (C=O) groups excluding carboxylic acids is 3. The van der Waals surface area contributed by atoms with Crippen molar-refractivity contribution in [2.45, 2.75) is 118 Å². The molecule has 0 aromatic carbocycles. The van der Waals surface area contributed by atoms with E-state index in [-0.39, 0.29) is 46.4 Å². The number of esters is 2. The molecule has 6 nitrogen and oxygen atoms in total. The first-order valence-corrected chi connectivity index (χ1v) is 13.4. The molecule has 3 saturated carbocycles. The normalized spacial score (nSPS) is 45.0. The summed E-state index contributed by atoms with van der Waals surface area (Å²) >= 11 is 0. The van der Waals surface area contributed by atoms with Crippen molar-refractivity contribution in [3.63, 3.8) is 0 Å². The molecule has 0 saturated heterocycles. The molecule has 0 bridgehead atoms. The summed E-state index contributed by atoms with van der Waals surface area (Å²) in [5, 5.41) is 12.2. The number of aliphatic hydroxyl groups is 1. The van der Waals surface area contributed by atoms with Crippen LogP contribution in [0.5, 0.6) is 0 Å². The fourth-order valence-electron chi connectivity index (χ4n) is 9.39. The zero-order chi connectivity index (χ0) is 26.0. The summed E-state index contributed by atoms with van der Waals surface area (Å²) in [6.07, 6.45) is 7.10. The highest BCUT2D eigenvalue weighted by Crippen LogP contribution is 2.69. The molecular formula is C29H44O6. The summed E-state index contributed by atoms with van der Waals surface area (Å²) in [4.78, 5) is 36.7. The molecule has 0 aromatic rings. The fraction of sp³-hybridized carbons (Fsp3) is 0.828. The predicted molar refractivity (Wildman–Crippen MR) is 132 cm³/mol. The Kier molecular flexibility index (Phi) is 6.56. The van der Waals surface area contributed by atoms with Gasteiger partial charge in [-0.05, 0) is 79.3 Å². The quantitative estimate of drug-likeness (QED) is 0.552. The highest BCUT2D eigenvalue weighted by Gasteiger charge is 2.66. The highest BCUT2D eigenvalue weighted by molar-refractivity contribution is 5.96. The summed E-state index contributed by atoms with van der Waals surface area (Å²) < 4.78 is 11.7. The Labute approximate surface area is 210 Å². The SMILES string of the molecule is CC(=O)OC1C=C(C)C(=O)CC1C1(O)CCC2C(C)(CC(OC(C)=O)C3C(C)(C)CCCC32C)C1. The van der Waals surface area contributed by atoms with Crippen molar-refractivity contribution >= 4 is 17.7 Å². The highest BCUT2D eigenvalue weighted by atomic mass is 16.5. The van der Waals surface area contributed by atoms with E-state index in [4.69, 9.17) is 9.47 Å². The van der Waals surface area contributed by atoms with E-state index < -0.39 is 23.6 Å². The van der Waals surface area contributed by atoms with Crippen molar-refractivity contribution in [3.05, 3.63) is 11.6 Å². The maximum absolute atomic E-state index is 12.7. The minimum absolute atomic E-state index is 0.00148. The van der Waals surface area contributed by atoms with E-state index in [1.807, 2.05) is 0 Å². The lowest BCUT2D eigenvalue weighted by atomic mass is 9.39. The second-order valence-electron chi connectivity index (χ2n) is 13.4. The van der Waals surface area contributed by atoms with Crippen molar-refractivity contribution in [1.82, 2.24) is 0 Å². The van der Waals surface area contributed by atoms with E-state index >= 15 is 0 Å². The van der Waals surface area contributed by atoms with Gasteiger partial charge in [0.1, 0.15) is 12.2 Å². The second-order valence-corrected chi connectivity index (χ2v) is 13.4. The monoisotopic (exact) mass is 488 g/mol. The Balaban J connectivity index is 1.71. The van der Waals surface area contributed by atoms with E-state index in [2.05, 4.69) is 27.7 Å². The Morgan fingerprint density at radius 1 is 1.03 bits per heavy atom. The van der Waals surface area contributed by atoms with Gasteiger partial charge in [-0.2, -0.15) is 0 Å². The van der Waals surface area contributed by atoms with Gasteiger partial charge in [-0.3, -0.25) is 14.4 Å². The van der Waals surface area contributed by atoms with Gasteiger partial charge in [-0.25, -0.2) is 0 Å². The first-order valence-electron chi connectivity index (χ1n) is 13.4. The van der Waals surface area contributed by atoms with Crippen LogP contribution in [0.3, 0.4) is 0 Å². The van der Waals surface area contributed by atoms with Crippen LogP contribution < -0.4 is 0 Å². The van der Waals surface area contributed by atoms with Crippen LogP contribution >= 0.6 is 0 Å². The maximum Gasteiger partial charge on any atom is 0.303 e. The lowest BCUT2D eigenvalue weighted by Gasteiger charge is -2.67. The van der Waals surface area contributed by atoms with E-state index in [9.17, 15) is 19.5 Å². The fourth-order valence-corrected chi connectivity index (χ4v) is 9.39. The number of fused-ring (bicyclic) bond motifs is 3. The average Bonchev–Trinajstić information content (AvgIpc) is 2.67. The Bertz CT molecular complexity index is 935. The van der Waals surface area contributed by atoms with Crippen LogP contribution in [0.2, 0.25) is 0 Å². The summed E-state index contributed by atoms with van der Waals surface area (Å²) in [5.74, 6) is -0.472. The minimum atomic E-state index is -1.13. The number of hydrogen-bond donors (Lipinski definition) is 1. The van der Waals surface area contributed by atoms with Crippen molar-refractivity contribution in [2.24, 2.45) is 34.0 Å². The summed E-state index contributed by atoms with van der Waals surface area (Å²) in [5.41, 5.74) is -0.730. The standard InChI is InChI=1S/C29H44O6/c1-17-13-22(34-18(2)30)20(14-21(17)32)29(33)12-9-24-27(6,16-29)15-23(35-19(3)31)25-26(4,5)10-8-11-28(24,25)7/h13,20,22-25,33H,8-12,14-16H2,1-7H3. The molecule has 0 aromatic heterocycles. The molecular weight excluding hydrogens is 444 g/mol. The molecule has 0 amide bonds. The van der Waals surface area contributed by atoms with Crippen LogP contribution in [-0.2, 0) is 23.9 Å². The molecule has 196 valence electrons. The van der Waals surface area contributed by atoms with Gasteiger partial charge in [-0.1, -0.05) is 34.1 Å². The van der Waals surface area contributed by atoms with Gasteiger partial charge in [0.2, 0.25) is 0 Å². The molecule has 6 heteroatoms. The van der Waals surface area contributed by atoms with Gasteiger partial charge in [-0.15, -0.1) is 0 Å². The lowest BCUT2D eigenvalue weighted by Crippen LogP contribution is -2.65. The number of carbonyl (C=O) groups is 3. The van der Waals surface area contributed by atoms with Crippen LogP contribution in [0.4, 0.5) is 0 Å². The van der Waals surface area contributed by atoms with E-state index in [0.29, 0.717) is 30.8 Å². The average molecular weight is 489 g/mol. The van der Waals surface area contributed by atoms with Crippen LogP contribution in [0.1, 0.15) is 99.8 Å². The van der Waals surface area contributed by atoms with Crippen LogP contribution in [-0.4, -0.2) is 40.6 Å². The molecule has 35 heavy (non-hydrogen) atoms. The van der Waals surface area contributed by atoms with Gasteiger partial charge < -0.3 is 14.6 Å². The number of ether oxygens (including phenoxy) is 2. The van der Waals surface area contributed by atoms with Crippen molar-refractivity contribution in [1.29, 1.82) is 0 Å². The van der Waals surface area contributed by atoms with Crippen LogP contribution in [0, 0.1) is 34.0 Å². The van der Waals surface area contributed by atoms with Gasteiger partial charge in [0.05, 0.1) is 5.60 Å². The first kappa shape index (κ1) is 26.4. The zero-order valence-corrected chi connectivity index (χ0v) is 22.6. The van der Waals surface area contributed by atoms with Crippen LogP contribution in [0.25, 0.3) is 0 Å². The molecule has 0 radical (unpaired) electrons. The molecule has 3 fully saturated rings. The molecule has 4 rings (SSSR count). The smallest absolute Gasteiger partial charge is 0.303 e. The van der Waals surface area contributed by atoms with Gasteiger partial charge in [0.15, 0.2) is 5.78 Å². The van der Waals surface area contributed by atoms with E-state index in [1.165, 1.54) is 13.8 Å². The second kappa shape index (κ2) is 8.71. The molecule has 0 heterocycles. The number of hydrogen-bond acceptors (Lipinski definition) is 6. The topological polar surface area (TPSA) is 89.9 Å². The number of ketones is 1. The number of rotatable bonds is 3. The van der Waals surface area contributed by atoms with E-state index in [1.54, 1.807) is 13.0 Å². The molecule has 0 spiro atoms. The number of Topliss-reactive ketones (excluding diaryl/α,β-unsaturated/α-hetero) is 1. The Morgan fingerprint density at radius 3 is 2.31 bits per heavy atom. The Morgan fingerprint density at radius 2 is 1.69 bits per heavy atom. The summed E-state index contributed by atoms with van der Waals surface area (Å²) in [6, 6.07) is 0. The Hall–Kier alpha value is -1.69. The first-order chi connectivity index (χ1) is 16.1. The molecule has 8 atom stereocenters. The van der Waals surface area contributed by atoms with Crippen molar-refractivity contribution in [3.8, 4) is 0 Å². The third-order valence-electron chi connectivity index (χ3n) is 10.3. The third kappa shape index (κ3) is 4.49. The summed E-state index contributed by atoms with van der Waals surface area (Å²) in [6.45, 7) is 13.9. The lowest BCUT2D eigenvalue weighted by molar-refractivity contribution is -0.237. The third-order valence-corrected chi connectivity index (χ3v) is 10.3. The predicted octanol–water partition coefficient (Wildman–Crippen LogP) is 5.16. The molecule has 4 aliphatic rings. The molecule has 8 unspecified atom stereocenters. The van der Waals surface area contributed by atoms with Crippen LogP contribution in [0.15, 0.2) is 11.6 Å². The molecule has 0 aliphatic heterocycles. The minimum Gasteiger partial charge on any atom is -0.462 e. The van der Waals surface area contributed by atoms with Crippen molar-refractivity contribution in [2.75, 3.05) is 0 Å². The van der Waals surface area contributed by atoms with E-state index in [0.717, 1.165) is 25.7 Å². The maximum atomic E-state index is 12.7. The van der Waals surface area contributed by atoms with Gasteiger partial charge in [0, 0.05) is 32.1 Å². The molecule has 4 aliphatic carbocycles. The largest absolute Gasteiger partial charge is 0.462 e. The van der Waals surface area contributed by atoms with Gasteiger partial charge in [0.25, 0.3) is 0 Å².